The van der Waals surface area contributed by atoms with Crippen molar-refractivity contribution in [1.82, 2.24) is 4.90 Å². The van der Waals surface area contributed by atoms with E-state index in [1.54, 1.807) is 64.4 Å². The molecule has 0 N–H and O–H groups in total. The number of amides is 2. The van der Waals surface area contributed by atoms with Crippen molar-refractivity contribution in [1.29, 1.82) is 0 Å². The second-order valence-electron chi connectivity index (χ2n) is 8.55. The van der Waals surface area contributed by atoms with Crippen molar-refractivity contribution in [2.75, 3.05) is 42.5 Å². The molecule has 0 saturated carbocycles. The third kappa shape index (κ3) is 4.13. The maximum atomic E-state index is 13.4. The Morgan fingerprint density at radius 2 is 1.67 bits per heavy atom. The Bertz CT molecular complexity index is 1380. The van der Waals surface area contributed by atoms with Crippen LogP contribution in [0.15, 0.2) is 76.5 Å². The van der Waals surface area contributed by atoms with Crippen LogP contribution in [0.1, 0.15) is 27.6 Å². The van der Waals surface area contributed by atoms with Crippen molar-refractivity contribution < 1.29 is 18.7 Å². The third-order valence-corrected chi connectivity index (χ3v) is 8.07. The lowest BCUT2D eigenvalue weighted by molar-refractivity contribution is -0.384. The predicted octanol–water partition coefficient (Wildman–Crippen LogP) is 3.70. The van der Waals surface area contributed by atoms with E-state index in [2.05, 4.69) is 4.90 Å². The number of hydrogen-bond donors (Lipinski definition) is 0. The number of carbonyl (C=O) groups is 2. The summed E-state index contributed by atoms with van der Waals surface area (Å²) in [6, 6.07) is 18.3. The lowest BCUT2D eigenvalue weighted by Crippen LogP contribution is -2.48. The smallest absolute Gasteiger partial charge is 0.269 e. The molecule has 2 aliphatic heterocycles. The Morgan fingerprint density at radius 3 is 2.33 bits per heavy atom. The molecule has 3 aromatic rings. The van der Waals surface area contributed by atoms with Crippen LogP contribution in [0.5, 0.6) is 0 Å². The average molecular weight is 505 g/mol. The van der Waals surface area contributed by atoms with E-state index in [4.69, 9.17) is 0 Å². The molecular formula is C26H24N4O5S. The quantitative estimate of drug-likeness (QED) is 0.396. The minimum Gasteiger partial charge on any atom is -0.368 e. The highest BCUT2D eigenvalue weighted by molar-refractivity contribution is 7.85. The molecule has 184 valence electrons. The van der Waals surface area contributed by atoms with Crippen LogP contribution in [0.4, 0.5) is 17.1 Å². The first-order valence-electron chi connectivity index (χ1n) is 11.6. The number of nitro groups is 1. The van der Waals surface area contributed by atoms with Crippen molar-refractivity contribution in [2.45, 2.75) is 16.7 Å². The van der Waals surface area contributed by atoms with Gasteiger partial charge in [-0.2, -0.15) is 0 Å². The summed E-state index contributed by atoms with van der Waals surface area (Å²) >= 11 is 0. The average Bonchev–Trinajstić information content (AvgIpc) is 3.00. The highest BCUT2D eigenvalue weighted by Gasteiger charge is 2.31. The lowest BCUT2D eigenvalue weighted by Gasteiger charge is -2.36. The minimum atomic E-state index is -1.54. The molecule has 0 aromatic heterocycles. The van der Waals surface area contributed by atoms with Crippen molar-refractivity contribution in [2.24, 2.45) is 0 Å². The molecular weight excluding hydrogens is 480 g/mol. The van der Waals surface area contributed by atoms with Crippen molar-refractivity contribution >= 4 is 39.7 Å². The summed E-state index contributed by atoms with van der Waals surface area (Å²) in [5.41, 5.74) is 2.25. The van der Waals surface area contributed by atoms with E-state index in [9.17, 15) is 23.9 Å². The SMILES string of the molecule is CCN1C(=O)c2ccccc2S(=O)c2ccc(C(=O)N3CCN(c4ccc([N+](=O)[O-])cc4)CC3)cc21. The summed E-state index contributed by atoms with van der Waals surface area (Å²) in [6.45, 7) is 4.38. The third-order valence-electron chi connectivity index (χ3n) is 6.57. The standard InChI is InChI=1S/C26H24N4O5S/c1-2-29-22-17-18(7-12-24(22)36(35)23-6-4-3-5-21(23)26(29)32)25(31)28-15-13-27(14-16-28)19-8-10-20(11-9-19)30(33)34/h3-12,17H,2,13-16H2,1H3. The van der Waals surface area contributed by atoms with E-state index < -0.39 is 15.7 Å². The Hall–Kier alpha value is -4.05. The predicted molar refractivity (Wildman–Crippen MR) is 136 cm³/mol. The molecule has 1 saturated heterocycles. The van der Waals surface area contributed by atoms with Crippen molar-refractivity contribution in [3.05, 3.63) is 88.0 Å². The van der Waals surface area contributed by atoms with Gasteiger partial charge < -0.3 is 14.7 Å². The molecule has 9 nitrogen and oxygen atoms in total. The fourth-order valence-electron chi connectivity index (χ4n) is 4.65. The molecule has 10 heteroatoms. The summed E-state index contributed by atoms with van der Waals surface area (Å²) in [4.78, 5) is 43.5. The minimum absolute atomic E-state index is 0.0411. The highest BCUT2D eigenvalue weighted by Crippen LogP contribution is 2.35. The number of hydrogen-bond acceptors (Lipinski definition) is 6. The van der Waals surface area contributed by atoms with Gasteiger partial charge in [-0.3, -0.25) is 19.7 Å². The number of benzene rings is 3. The van der Waals surface area contributed by atoms with Crippen LogP contribution >= 0.6 is 0 Å². The number of anilines is 2. The van der Waals surface area contributed by atoms with E-state index in [-0.39, 0.29) is 17.5 Å². The molecule has 1 fully saturated rings. The van der Waals surface area contributed by atoms with Crippen molar-refractivity contribution in [3.63, 3.8) is 0 Å². The summed E-state index contributed by atoms with van der Waals surface area (Å²) in [5, 5.41) is 10.9. The molecule has 5 rings (SSSR count). The number of rotatable bonds is 4. The van der Waals surface area contributed by atoms with Gasteiger partial charge in [0.15, 0.2) is 0 Å². The largest absolute Gasteiger partial charge is 0.368 e. The van der Waals surface area contributed by atoms with E-state index in [1.165, 1.54) is 12.1 Å². The normalized spacial score (nSPS) is 17.3. The summed E-state index contributed by atoms with van der Waals surface area (Å²) in [6.07, 6.45) is 0. The van der Waals surface area contributed by atoms with Crippen LogP contribution < -0.4 is 9.80 Å². The van der Waals surface area contributed by atoms with E-state index >= 15 is 0 Å². The second-order valence-corrected chi connectivity index (χ2v) is 9.97. The molecule has 2 amide bonds. The first-order chi connectivity index (χ1) is 17.4. The van der Waals surface area contributed by atoms with Crippen LogP contribution in [0.2, 0.25) is 0 Å². The zero-order valence-electron chi connectivity index (χ0n) is 19.6. The monoisotopic (exact) mass is 504 g/mol. The number of carbonyl (C=O) groups excluding carboxylic acids is 2. The van der Waals surface area contributed by atoms with Gasteiger partial charge >= 0.3 is 0 Å². The van der Waals surface area contributed by atoms with E-state index in [0.717, 1.165) is 5.69 Å². The second kappa shape index (κ2) is 9.54. The topological polar surface area (TPSA) is 104 Å². The highest BCUT2D eigenvalue weighted by atomic mass is 32.2. The van der Waals surface area contributed by atoms with Crippen LogP contribution in [0, 0.1) is 10.1 Å². The van der Waals surface area contributed by atoms with Gasteiger partial charge in [-0.05, 0) is 49.4 Å². The summed E-state index contributed by atoms with van der Waals surface area (Å²) < 4.78 is 13.3. The number of nitro benzene ring substituents is 1. The summed E-state index contributed by atoms with van der Waals surface area (Å²) in [5.74, 6) is -0.390. The molecule has 3 aromatic carbocycles. The van der Waals surface area contributed by atoms with Crippen LogP contribution in [-0.2, 0) is 10.8 Å². The van der Waals surface area contributed by atoms with Crippen LogP contribution in [-0.4, -0.2) is 58.6 Å². The van der Waals surface area contributed by atoms with Gasteiger partial charge in [0.1, 0.15) is 0 Å². The molecule has 2 heterocycles. The van der Waals surface area contributed by atoms with Gasteiger partial charge in [-0.25, -0.2) is 4.21 Å². The fraction of sp³-hybridized carbons (Fsp3) is 0.231. The molecule has 0 radical (unpaired) electrons. The Labute approximate surface area is 210 Å². The number of piperazine rings is 1. The zero-order valence-corrected chi connectivity index (χ0v) is 20.4. The Morgan fingerprint density at radius 1 is 0.972 bits per heavy atom. The maximum absolute atomic E-state index is 13.4. The lowest BCUT2D eigenvalue weighted by atomic mass is 10.1. The molecule has 0 aliphatic carbocycles. The number of fused-ring (bicyclic) bond motifs is 2. The number of nitrogens with zero attached hydrogens (tertiary/aromatic N) is 4. The first kappa shape index (κ1) is 23.7. The molecule has 0 bridgehead atoms. The van der Waals surface area contributed by atoms with E-state index in [0.29, 0.717) is 59.3 Å². The van der Waals surface area contributed by atoms with Crippen LogP contribution in [0.3, 0.4) is 0 Å². The van der Waals surface area contributed by atoms with Gasteiger partial charge in [0, 0.05) is 56.1 Å². The molecule has 1 atom stereocenters. The van der Waals surface area contributed by atoms with Gasteiger partial charge in [0.2, 0.25) is 0 Å². The maximum Gasteiger partial charge on any atom is 0.269 e. The molecule has 36 heavy (non-hydrogen) atoms. The van der Waals surface area contributed by atoms with Crippen molar-refractivity contribution in [3.8, 4) is 0 Å². The van der Waals surface area contributed by atoms with Gasteiger partial charge in [0.05, 0.1) is 36.8 Å². The number of non-ortho nitro benzene ring substituents is 1. The zero-order chi connectivity index (χ0) is 25.4. The Kier molecular flexibility index (Phi) is 6.27. The van der Waals surface area contributed by atoms with E-state index in [1.807, 2.05) is 6.92 Å². The van der Waals surface area contributed by atoms with Gasteiger partial charge in [0.25, 0.3) is 17.5 Å². The van der Waals surface area contributed by atoms with Gasteiger partial charge in [-0.1, -0.05) is 12.1 Å². The molecule has 1 unspecified atom stereocenters. The Balaban J connectivity index is 1.36. The first-order valence-corrected chi connectivity index (χ1v) is 12.8. The summed E-state index contributed by atoms with van der Waals surface area (Å²) in [7, 11) is -1.54. The molecule has 2 aliphatic rings. The van der Waals surface area contributed by atoms with Gasteiger partial charge in [-0.15, -0.1) is 0 Å². The van der Waals surface area contributed by atoms with Crippen LogP contribution in [0.25, 0.3) is 0 Å². The molecule has 0 spiro atoms. The fourth-order valence-corrected chi connectivity index (χ4v) is 5.99.